The van der Waals surface area contributed by atoms with Gasteiger partial charge in [0.2, 0.25) is 5.91 Å². The molecule has 2 aromatic rings. The van der Waals surface area contributed by atoms with Gasteiger partial charge >= 0.3 is 0 Å². The average molecular weight is 299 g/mol. The van der Waals surface area contributed by atoms with Gasteiger partial charge < -0.3 is 4.90 Å². The van der Waals surface area contributed by atoms with Gasteiger partial charge in [-0.1, -0.05) is 30.3 Å². The molecule has 2 aromatic carbocycles. The molecule has 0 atom stereocenters. The van der Waals surface area contributed by atoms with Gasteiger partial charge in [0.1, 0.15) is 5.78 Å². The fourth-order valence-electron chi connectivity index (χ4n) is 2.50. The first-order valence-electron chi connectivity index (χ1n) is 7.13. The molecule has 108 valence electrons. The maximum absolute atomic E-state index is 12.1. The normalized spacial score (nSPS) is 15.4. The Hall–Kier alpha value is -1.81. The van der Waals surface area contributed by atoms with E-state index in [1.165, 1.54) is 10.8 Å². The second-order valence-corrected chi connectivity index (χ2v) is 6.27. The van der Waals surface area contributed by atoms with E-state index in [0.29, 0.717) is 31.7 Å². The van der Waals surface area contributed by atoms with E-state index in [1.807, 2.05) is 12.1 Å². The molecule has 1 saturated heterocycles. The summed E-state index contributed by atoms with van der Waals surface area (Å²) in [5.74, 6) is 0.828. The summed E-state index contributed by atoms with van der Waals surface area (Å²) in [6, 6.07) is 14.5. The molecule has 0 unspecified atom stereocenters. The number of hydrogen-bond acceptors (Lipinski definition) is 3. The number of benzene rings is 2. The number of Topliss-reactive ketones (excluding diaryl/α,β-unsaturated/α-hetero) is 1. The Morgan fingerprint density at radius 2 is 1.76 bits per heavy atom. The maximum atomic E-state index is 12.1. The first kappa shape index (κ1) is 14.1. The van der Waals surface area contributed by atoms with Crippen LogP contribution in [0, 0.1) is 0 Å². The van der Waals surface area contributed by atoms with E-state index in [2.05, 4.69) is 30.3 Å². The minimum atomic E-state index is 0.126. The van der Waals surface area contributed by atoms with Crippen LogP contribution in [0.1, 0.15) is 12.8 Å². The van der Waals surface area contributed by atoms with Gasteiger partial charge in [0, 0.05) is 30.8 Å². The van der Waals surface area contributed by atoms with Gasteiger partial charge in [-0.25, -0.2) is 0 Å². The van der Waals surface area contributed by atoms with Crippen LogP contribution in [0.5, 0.6) is 0 Å². The predicted molar refractivity (Wildman–Crippen MR) is 85.5 cm³/mol. The summed E-state index contributed by atoms with van der Waals surface area (Å²) in [6.07, 6.45) is 1.01. The third kappa shape index (κ3) is 3.45. The van der Waals surface area contributed by atoms with Gasteiger partial charge in [-0.2, -0.15) is 0 Å². The molecular formula is C17H17NO2S. The van der Waals surface area contributed by atoms with E-state index in [-0.39, 0.29) is 11.7 Å². The van der Waals surface area contributed by atoms with E-state index < -0.39 is 0 Å². The molecule has 0 aromatic heterocycles. The lowest BCUT2D eigenvalue weighted by atomic mass is 10.1. The Labute approximate surface area is 128 Å². The number of nitrogens with zero attached hydrogens (tertiary/aromatic N) is 1. The molecule has 0 spiro atoms. The summed E-state index contributed by atoms with van der Waals surface area (Å²) in [5.41, 5.74) is 0. The average Bonchev–Trinajstić information content (AvgIpc) is 2.53. The Bertz CT molecular complexity index is 673. The number of amides is 1. The first-order valence-corrected chi connectivity index (χ1v) is 8.12. The molecule has 4 heteroatoms. The zero-order valence-electron chi connectivity index (χ0n) is 11.7. The van der Waals surface area contributed by atoms with Crippen LogP contribution in [-0.2, 0) is 9.59 Å². The van der Waals surface area contributed by atoms with Crippen molar-refractivity contribution in [2.75, 3.05) is 18.8 Å². The van der Waals surface area contributed by atoms with Crippen molar-refractivity contribution in [2.24, 2.45) is 0 Å². The summed E-state index contributed by atoms with van der Waals surface area (Å²) in [4.78, 5) is 26.2. The minimum absolute atomic E-state index is 0.126. The van der Waals surface area contributed by atoms with Crippen molar-refractivity contribution in [1.82, 2.24) is 4.90 Å². The van der Waals surface area contributed by atoms with Crippen LogP contribution in [-0.4, -0.2) is 35.4 Å². The molecule has 0 N–H and O–H groups in total. The highest BCUT2D eigenvalue weighted by atomic mass is 32.2. The molecule has 0 aliphatic carbocycles. The lowest BCUT2D eigenvalue weighted by Gasteiger charge is -2.25. The number of ketones is 1. The molecular weight excluding hydrogens is 282 g/mol. The number of carbonyl (C=O) groups is 2. The molecule has 0 radical (unpaired) electrons. The van der Waals surface area contributed by atoms with Gasteiger partial charge in [-0.3, -0.25) is 9.59 Å². The number of piperidine rings is 1. The Morgan fingerprint density at radius 3 is 2.52 bits per heavy atom. The number of fused-ring (bicyclic) bond motifs is 1. The van der Waals surface area contributed by atoms with Crippen LogP contribution in [0.25, 0.3) is 10.8 Å². The number of rotatable bonds is 3. The standard InChI is InChI=1S/C17H17NO2S/c19-15-7-9-18(10-8-15)17(20)12-21-16-6-5-13-3-1-2-4-14(13)11-16/h1-6,11H,7-10,12H2. The van der Waals surface area contributed by atoms with Gasteiger partial charge in [-0.15, -0.1) is 11.8 Å². The molecule has 21 heavy (non-hydrogen) atoms. The van der Waals surface area contributed by atoms with Crippen molar-refractivity contribution in [3.8, 4) is 0 Å². The van der Waals surface area contributed by atoms with Crippen LogP contribution in [0.3, 0.4) is 0 Å². The van der Waals surface area contributed by atoms with Crippen LogP contribution in [0.2, 0.25) is 0 Å². The van der Waals surface area contributed by atoms with E-state index in [4.69, 9.17) is 0 Å². The number of thioether (sulfide) groups is 1. The second-order valence-electron chi connectivity index (χ2n) is 5.22. The summed E-state index contributed by atoms with van der Waals surface area (Å²) < 4.78 is 0. The fourth-order valence-corrected chi connectivity index (χ4v) is 3.35. The summed E-state index contributed by atoms with van der Waals surface area (Å²) in [7, 11) is 0. The van der Waals surface area contributed by atoms with Gasteiger partial charge in [0.25, 0.3) is 0 Å². The Kier molecular flexibility index (Phi) is 4.25. The van der Waals surface area contributed by atoms with E-state index in [1.54, 1.807) is 16.7 Å². The third-order valence-corrected chi connectivity index (χ3v) is 4.74. The zero-order valence-corrected chi connectivity index (χ0v) is 12.6. The maximum Gasteiger partial charge on any atom is 0.232 e. The SMILES string of the molecule is O=C1CCN(C(=O)CSc2ccc3ccccc3c2)CC1. The molecule has 0 bridgehead atoms. The van der Waals surface area contributed by atoms with Crippen LogP contribution in [0.15, 0.2) is 47.4 Å². The van der Waals surface area contributed by atoms with E-state index in [9.17, 15) is 9.59 Å². The Morgan fingerprint density at radius 1 is 1.05 bits per heavy atom. The highest BCUT2D eigenvalue weighted by Crippen LogP contribution is 2.24. The molecule has 0 saturated carbocycles. The Balaban J connectivity index is 1.60. The van der Waals surface area contributed by atoms with Gasteiger partial charge in [-0.05, 0) is 22.9 Å². The van der Waals surface area contributed by atoms with Crippen molar-refractivity contribution in [3.63, 3.8) is 0 Å². The minimum Gasteiger partial charge on any atom is -0.341 e. The highest BCUT2D eigenvalue weighted by Gasteiger charge is 2.20. The first-order chi connectivity index (χ1) is 10.2. The molecule has 3 rings (SSSR count). The van der Waals surface area contributed by atoms with Gasteiger partial charge in [0.15, 0.2) is 0 Å². The molecule has 1 fully saturated rings. The van der Waals surface area contributed by atoms with E-state index >= 15 is 0 Å². The molecule has 1 heterocycles. The number of hydrogen-bond donors (Lipinski definition) is 0. The van der Waals surface area contributed by atoms with Crippen molar-refractivity contribution in [2.45, 2.75) is 17.7 Å². The lowest BCUT2D eigenvalue weighted by molar-refractivity contribution is -0.132. The van der Waals surface area contributed by atoms with Crippen LogP contribution < -0.4 is 0 Å². The molecule has 1 amide bonds. The quantitative estimate of drug-likeness (QED) is 0.817. The van der Waals surface area contributed by atoms with Crippen molar-refractivity contribution < 1.29 is 9.59 Å². The van der Waals surface area contributed by atoms with E-state index in [0.717, 1.165) is 4.90 Å². The smallest absolute Gasteiger partial charge is 0.232 e. The summed E-state index contributed by atoms with van der Waals surface area (Å²) in [5, 5.41) is 2.40. The summed E-state index contributed by atoms with van der Waals surface area (Å²) >= 11 is 1.56. The zero-order chi connectivity index (χ0) is 14.7. The molecule has 1 aliphatic rings. The van der Waals surface area contributed by atoms with Gasteiger partial charge in [0.05, 0.1) is 5.75 Å². The molecule has 3 nitrogen and oxygen atoms in total. The third-order valence-electron chi connectivity index (χ3n) is 3.76. The van der Waals surface area contributed by atoms with Crippen molar-refractivity contribution in [3.05, 3.63) is 42.5 Å². The van der Waals surface area contributed by atoms with Crippen molar-refractivity contribution >= 4 is 34.2 Å². The summed E-state index contributed by atoms with van der Waals surface area (Å²) in [6.45, 7) is 1.16. The topological polar surface area (TPSA) is 37.4 Å². The monoisotopic (exact) mass is 299 g/mol. The fraction of sp³-hybridized carbons (Fsp3) is 0.294. The highest BCUT2D eigenvalue weighted by molar-refractivity contribution is 8.00. The lowest BCUT2D eigenvalue weighted by Crippen LogP contribution is -2.39. The predicted octanol–water partition coefficient (Wildman–Crippen LogP) is 3.12. The van der Waals surface area contributed by atoms with Crippen LogP contribution in [0.4, 0.5) is 0 Å². The van der Waals surface area contributed by atoms with Crippen molar-refractivity contribution in [1.29, 1.82) is 0 Å². The largest absolute Gasteiger partial charge is 0.341 e. The molecule has 1 aliphatic heterocycles. The number of carbonyl (C=O) groups excluding carboxylic acids is 2. The second kappa shape index (κ2) is 6.31. The van der Waals surface area contributed by atoms with Crippen LogP contribution >= 0.6 is 11.8 Å². The number of likely N-dealkylation sites (tertiary alicyclic amines) is 1.